The molecule has 5 nitrogen and oxygen atoms in total. The zero-order chi connectivity index (χ0) is 21.8. The van der Waals surface area contributed by atoms with Gasteiger partial charge in [0.15, 0.2) is 0 Å². The lowest BCUT2D eigenvalue weighted by Crippen LogP contribution is -2.25. The monoisotopic (exact) mass is 407 g/mol. The number of carbonyl (C=O) groups excluding carboxylic acids is 1. The van der Waals surface area contributed by atoms with Crippen LogP contribution in [0.4, 0.5) is 0 Å². The Hall–Kier alpha value is -3.21. The third-order valence-corrected chi connectivity index (χ3v) is 5.10. The van der Waals surface area contributed by atoms with Crippen LogP contribution < -0.4 is 14.8 Å². The van der Waals surface area contributed by atoms with Crippen LogP contribution >= 0.6 is 0 Å². The van der Waals surface area contributed by atoms with E-state index in [0.717, 1.165) is 44.5 Å². The zero-order valence-corrected chi connectivity index (χ0v) is 18.5. The summed E-state index contributed by atoms with van der Waals surface area (Å²) in [6.07, 6.45) is 3.36. The minimum atomic E-state index is -0.113. The Balaban J connectivity index is 2.14. The number of carbonyl (C=O) groups is 1. The Bertz CT molecular complexity index is 1090. The van der Waals surface area contributed by atoms with Crippen LogP contribution in [0.25, 0.3) is 27.7 Å². The van der Waals surface area contributed by atoms with Gasteiger partial charge in [-0.1, -0.05) is 32.0 Å². The Morgan fingerprint density at radius 3 is 2.57 bits per heavy atom. The highest BCUT2D eigenvalue weighted by atomic mass is 16.5. The molecule has 0 aliphatic carbocycles. The van der Waals surface area contributed by atoms with Crippen molar-refractivity contribution in [2.75, 3.05) is 20.8 Å². The summed E-state index contributed by atoms with van der Waals surface area (Å²) in [6, 6.07) is 9.86. The van der Waals surface area contributed by atoms with Crippen molar-refractivity contribution in [3.63, 3.8) is 0 Å². The number of methoxy groups -OCH3 is 2. The summed E-state index contributed by atoms with van der Waals surface area (Å²) in [5.74, 6) is 1.76. The van der Waals surface area contributed by atoms with E-state index in [0.29, 0.717) is 18.2 Å². The molecular formula is C25H29NO4. The van der Waals surface area contributed by atoms with E-state index >= 15 is 0 Å². The van der Waals surface area contributed by atoms with E-state index in [9.17, 15) is 4.79 Å². The maximum absolute atomic E-state index is 12.3. The van der Waals surface area contributed by atoms with Crippen molar-refractivity contribution in [3.05, 3.63) is 53.8 Å². The number of para-hydroxylation sites is 1. The third-order valence-electron chi connectivity index (χ3n) is 5.10. The quantitative estimate of drug-likeness (QED) is 0.518. The second-order valence-electron chi connectivity index (χ2n) is 7.78. The van der Waals surface area contributed by atoms with Gasteiger partial charge in [0.2, 0.25) is 5.91 Å². The van der Waals surface area contributed by atoms with Gasteiger partial charge in [0.25, 0.3) is 0 Å². The number of amides is 1. The summed E-state index contributed by atoms with van der Waals surface area (Å²) >= 11 is 0. The Morgan fingerprint density at radius 2 is 1.90 bits per heavy atom. The van der Waals surface area contributed by atoms with E-state index in [1.165, 1.54) is 0 Å². The molecule has 3 aromatic rings. The first-order valence-electron chi connectivity index (χ1n) is 10.1. The van der Waals surface area contributed by atoms with Gasteiger partial charge in [-0.15, -0.1) is 0 Å². The van der Waals surface area contributed by atoms with E-state index < -0.39 is 0 Å². The van der Waals surface area contributed by atoms with Gasteiger partial charge in [-0.05, 0) is 37.5 Å². The number of hydrogen-bond acceptors (Lipinski definition) is 4. The first-order chi connectivity index (χ1) is 14.4. The number of allylic oxidation sites excluding steroid dienone is 1. The van der Waals surface area contributed by atoms with Crippen LogP contribution in [0, 0.1) is 12.8 Å². The average Bonchev–Trinajstić information content (AvgIpc) is 3.16. The van der Waals surface area contributed by atoms with Gasteiger partial charge >= 0.3 is 0 Å². The van der Waals surface area contributed by atoms with E-state index in [4.69, 9.17) is 13.9 Å². The van der Waals surface area contributed by atoms with Gasteiger partial charge in [0.05, 0.1) is 20.5 Å². The summed E-state index contributed by atoms with van der Waals surface area (Å²) in [7, 11) is 3.29. The zero-order valence-electron chi connectivity index (χ0n) is 18.5. The lowest BCUT2D eigenvalue weighted by molar-refractivity contribution is -0.116. The van der Waals surface area contributed by atoms with Gasteiger partial charge in [-0.25, -0.2) is 0 Å². The van der Waals surface area contributed by atoms with Crippen LogP contribution in [0.3, 0.4) is 0 Å². The molecule has 5 heteroatoms. The fraction of sp³-hybridized carbons (Fsp3) is 0.320. The van der Waals surface area contributed by atoms with Crippen molar-refractivity contribution in [3.8, 4) is 22.6 Å². The molecule has 1 heterocycles. The standard InChI is InChI=1S/C25H29NO4/c1-15(2)13-26-23(27)11-16(3)19-12-20-21(18-9-7-8-10-22(18)28-5)14-30-25(20)17(4)24(19)29-6/h7-12,14-15H,13H2,1-6H3,(H,26,27)/b16-11+. The molecule has 0 bridgehead atoms. The number of nitrogens with one attached hydrogen (secondary N) is 1. The van der Waals surface area contributed by atoms with Crippen LogP contribution in [0.15, 0.2) is 47.1 Å². The fourth-order valence-electron chi connectivity index (χ4n) is 3.58. The smallest absolute Gasteiger partial charge is 0.244 e. The molecule has 1 N–H and O–H groups in total. The molecule has 0 saturated heterocycles. The van der Waals surface area contributed by atoms with E-state index in [1.807, 2.05) is 44.2 Å². The predicted octanol–water partition coefficient (Wildman–Crippen LogP) is 5.60. The molecule has 1 aromatic heterocycles. The first-order valence-corrected chi connectivity index (χ1v) is 10.1. The van der Waals surface area contributed by atoms with Crippen molar-refractivity contribution in [1.82, 2.24) is 5.32 Å². The van der Waals surface area contributed by atoms with Crippen LogP contribution in [0.5, 0.6) is 11.5 Å². The molecule has 0 fully saturated rings. The Kier molecular flexibility index (Phi) is 6.50. The van der Waals surface area contributed by atoms with Gasteiger partial charge in [-0.2, -0.15) is 0 Å². The van der Waals surface area contributed by atoms with Crippen molar-refractivity contribution in [1.29, 1.82) is 0 Å². The van der Waals surface area contributed by atoms with Gasteiger partial charge in [0.1, 0.15) is 17.1 Å². The highest BCUT2D eigenvalue weighted by Crippen LogP contribution is 2.42. The number of benzene rings is 2. The molecule has 0 radical (unpaired) electrons. The summed E-state index contributed by atoms with van der Waals surface area (Å²) in [4.78, 5) is 12.3. The third kappa shape index (κ3) is 4.20. The number of fused-ring (bicyclic) bond motifs is 1. The molecule has 158 valence electrons. The molecule has 1 amide bonds. The largest absolute Gasteiger partial charge is 0.496 e. The molecule has 0 aliphatic heterocycles. The first kappa shape index (κ1) is 21.5. The summed E-state index contributed by atoms with van der Waals surface area (Å²) < 4.78 is 17.1. The maximum Gasteiger partial charge on any atom is 0.244 e. The molecular weight excluding hydrogens is 378 g/mol. The number of furan rings is 1. The summed E-state index contributed by atoms with van der Waals surface area (Å²) in [5.41, 5.74) is 5.22. The Labute approximate surface area is 177 Å². The van der Waals surface area contributed by atoms with Crippen LogP contribution in [0.2, 0.25) is 0 Å². The van der Waals surface area contributed by atoms with Crippen LogP contribution in [0.1, 0.15) is 31.9 Å². The van der Waals surface area contributed by atoms with Crippen molar-refractivity contribution in [2.24, 2.45) is 5.92 Å². The highest BCUT2D eigenvalue weighted by molar-refractivity contribution is 6.02. The lowest BCUT2D eigenvalue weighted by Gasteiger charge is -2.14. The molecule has 30 heavy (non-hydrogen) atoms. The summed E-state index contributed by atoms with van der Waals surface area (Å²) in [5, 5.41) is 3.88. The van der Waals surface area contributed by atoms with Gasteiger partial charge in [-0.3, -0.25) is 4.79 Å². The minimum Gasteiger partial charge on any atom is -0.496 e. The number of aryl methyl sites for hydroxylation is 1. The fourth-order valence-corrected chi connectivity index (χ4v) is 3.58. The van der Waals surface area contributed by atoms with Crippen LogP contribution in [-0.2, 0) is 4.79 Å². The molecule has 0 atom stereocenters. The van der Waals surface area contributed by atoms with Gasteiger partial charge < -0.3 is 19.2 Å². The number of hydrogen-bond donors (Lipinski definition) is 1. The van der Waals surface area contributed by atoms with E-state index in [-0.39, 0.29) is 5.91 Å². The molecule has 0 saturated carbocycles. The Morgan fingerprint density at radius 1 is 1.17 bits per heavy atom. The second-order valence-corrected chi connectivity index (χ2v) is 7.78. The molecule has 0 unspecified atom stereocenters. The van der Waals surface area contributed by atoms with E-state index in [2.05, 4.69) is 19.2 Å². The minimum absolute atomic E-state index is 0.113. The normalized spacial score (nSPS) is 11.8. The van der Waals surface area contributed by atoms with Crippen molar-refractivity contribution < 1.29 is 18.7 Å². The summed E-state index contributed by atoms with van der Waals surface area (Å²) in [6.45, 7) is 8.65. The number of ether oxygens (including phenoxy) is 2. The molecule has 2 aromatic carbocycles. The highest BCUT2D eigenvalue weighted by Gasteiger charge is 2.20. The topological polar surface area (TPSA) is 60.7 Å². The molecule has 3 rings (SSSR count). The van der Waals surface area contributed by atoms with Crippen LogP contribution in [-0.4, -0.2) is 26.7 Å². The molecule has 0 spiro atoms. The van der Waals surface area contributed by atoms with E-state index in [1.54, 1.807) is 26.6 Å². The second kappa shape index (κ2) is 9.08. The predicted molar refractivity (Wildman–Crippen MR) is 121 cm³/mol. The lowest BCUT2D eigenvalue weighted by atomic mass is 9.96. The van der Waals surface area contributed by atoms with Crippen molar-refractivity contribution in [2.45, 2.75) is 27.7 Å². The maximum atomic E-state index is 12.3. The average molecular weight is 408 g/mol. The SMILES string of the molecule is COc1ccccc1-c1coc2c(C)c(OC)c(/C(C)=C/C(=O)NCC(C)C)cc12. The molecule has 0 aliphatic rings. The van der Waals surface area contributed by atoms with Gasteiger partial charge in [0, 0.05) is 40.3 Å². The number of rotatable bonds is 7. The van der Waals surface area contributed by atoms with Crippen molar-refractivity contribution >= 4 is 22.4 Å².